The molecule has 0 spiro atoms. The molecule has 0 aliphatic heterocycles. The molecule has 7 nitrogen and oxygen atoms in total. The number of halogens is 2. The van der Waals surface area contributed by atoms with Crippen molar-refractivity contribution in [3.8, 4) is 22.8 Å². The first-order valence-electron chi connectivity index (χ1n) is 7.34. The van der Waals surface area contributed by atoms with Crippen LogP contribution < -0.4 is 0 Å². The Labute approximate surface area is 170 Å². The van der Waals surface area contributed by atoms with Gasteiger partial charge in [0, 0.05) is 27.1 Å². The maximum atomic E-state index is 6.21. The minimum atomic E-state index is 0.409. The van der Waals surface area contributed by atoms with Crippen LogP contribution >= 0.6 is 46.0 Å². The van der Waals surface area contributed by atoms with Crippen LogP contribution in [0.25, 0.3) is 22.8 Å². The molecule has 0 saturated heterocycles. The second-order valence-electron chi connectivity index (χ2n) is 5.03. The summed E-state index contributed by atoms with van der Waals surface area (Å²) < 4.78 is 11.9. The highest BCUT2D eigenvalue weighted by atomic mass is 127. The van der Waals surface area contributed by atoms with Gasteiger partial charge in [0.15, 0.2) is 0 Å². The zero-order valence-electron chi connectivity index (χ0n) is 13.0. The predicted octanol–water partition coefficient (Wildman–Crippen LogP) is 4.73. The van der Waals surface area contributed by atoms with Gasteiger partial charge >= 0.3 is 0 Å². The van der Waals surface area contributed by atoms with E-state index in [0.29, 0.717) is 33.6 Å². The van der Waals surface area contributed by atoms with Gasteiger partial charge in [-0.2, -0.15) is 4.98 Å². The van der Waals surface area contributed by atoms with Crippen molar-refractivity contribution in [3.05, 3.63) is 57.2 Å². The van der Waals surface area contributed by atoms with Crippen molar-refractivity contribution >= 4 is 46.0 Å². The second-order valence-corrected chi connectivity index (χ2v) is 7.61. The highest BCUT2D eigenvalue weighted by Crippen LogP contribution is 2.29. The quantitative estimate of drug-likeness (QED) is 0.289. The van der Waals surface area contributed by atoms with E-state index >= 15 is 0 Å². The second kappa shape index (κ2) is 7.72. The number of benzene rings is 1. The van der Waals surface area contributed by atoms with E-state index < -0.39 is 0 Å². The van der Waals surface area contributed by atoms with Crippen LogP contribution in [0, 0.1) is 3.57 Å². The number of thioether (sulfide) groups is 1. The molecular formula is C16H9ClIN5O2S. The van der Waals surface area contributed by atoms with Crippen LogP contribution in [0.1, 0.15) is 5.89 Å². The van der Waals surface area contributed by atoms with Crippen LogP contribution in [0.5, 0.6) is 0 Å². The molecule has 0 aliphatic rings. The Balaban J connectivity index is 1.46. The topological polar surface area (TPSA) is 90.7 Å². The standard InChI is InChI=1S/C16H9ClIN5O2S/c17-12-2-1-10(18)7-11(12)14-20-13(25-23-14)8-26-16-22-21-15(24-16)9-3-5-19-6-4-9/h1-7H,8H2. The van der Waals surface area contributed by atoms with Crippen LogP contribution in [0.2, 0.25) is 5.02 Å². The van der Waals surface area contributed by atoms with Gasteiger partial charge in [-0.05, 0) is 52.9 Å². The largest absolute Gasteiger partial charge is 0.411 e. The Hall–Kier alpha value is -1.98. The average Bonchev–Trinajstić information content (AvgIpc) is 3.32. The van der Waals surface area contributed by atoms with E-state index in [1.165, 1.54) is 11.8 Å². The Morgan fingerprint density at radius 2 is 1.96 bits per heavy atom. The third-order valence-corrected chi connectivity index (χ3v) is 5.09. The molecule has 130 valence electrons. The summed E-state index contributed by atoms with van der Waals surface area (Å²) in [7, 11) is 0. The van der Waals surface area contributed by atoms with Crippen molar-refractivity contribution in [1.29, 1.82) is 0 Å². The monoisotopic (exact) mass is 497 g/mol. The van der Waals surface area contributed by atoms with Crippen molar-refractivity contribution in [3.63, 3.8) is 0 Å². The van der Waals surface area contributed by atoms with Gasteiger partial charge in [0.2, 0.25) is 17.6 Å². The minimum absolute atomic E-state index is 0.409. The van der Waals surface area contributed by atoms with Crippen molar-refractivity contribution in [2.45, 2.75) is 11.0 Å². The number of aromatic nitrogens is 5. The molecule has 0 bridgehead atoms. The molecule has 0 N–H and O–H groups in total. The lowest BCUT2D eigenvalue weighted by Gasteiger charge is -1.98. The third kappa shape index (κ3) is 3.89. The molecule has 0 atom stereocenters. The van der Waals surface area contributed by atoms with E-state index in [1.807, 2.05) is 18.2 Å². The van der Waals surface area contributed by atoms with Crippen molar-refractivity contribution in [2.75, 3.05) is 0 Å². The van der Waals surface area contributed by atoms with Gasteiger partial charge < -0.3 is 8.94 Å². The summed E-state index contributed by atoms with van der Waals surface area (Å²) in [5, 5.41) is 13.0. The molecule has 26 heavy (non-hydrogen) atoms. The fourth-order valence-corrected chi connectivity index (χ4v) is 3.39. The third-order valence-electron chi connectivity index (χ3n) is 3.29. The molecule has 0 saturated carbocycles. The van der Waals surface area contributed by atoms with Crippen molar-refractivity contribution < 1.29 is 8.94 Å². The van der Waals surface area contributed by atoms with Gasteiger partial charge in [0.05, 0.1) is 10.8 Å². The van der Waals surface area contributed by atoms with E-state index in [9.17, 15) is 0 Å². The SMILES string of the molecule is Clc1ccc(I)cc1-c1noc(CSc2nnc(-c3ccncc3)o2)n1. The molecule has 3 heterocycles. The lowest BCUT2D eigenvalue weighted by molar-refractivity contribution is 0.391. The van der Waals surface area contributed by atoms with Gasteiger partial charge in [0.25, 0.3) is 5.22 Å². The molecule has 0 amide bonds. The van der Waals surface area contributed by atoms with Crippen LogP contribution in [0.15, 0.2) is 56.9 Å². The molecular weight excluding hydrogens is 489 g/mol. The van der Waals surface area contributed by atoms with Crippen LogP contribution in [-0.2, 0) is 5.75 Å². The van der Waals surface area contributed by atoms with Crippen LogP contribution in [0.4, 0.5) is 0 Å². The summed E-state index contributed by atoms with van der Waals surface area (Å²) in [6, 6.07) is 9.24. The molecule has 0 unspecified atom stereocenters. The molecule has 0 aliphatic carbocycles. The molecule has 1 aromatic carbocycles. The zero-order chi connectivity index (χ0) is 17.9. The Bertz CT molecular complexity index is 1040. The van der Waals surface area contributed by atoms with Gasteiger partial charge in [-0.15, -0.1) is 10.2 Å². The highest BCUT2D eigenvalue weighted by molar-refractivity contribution is 14.1. The molecule has 4 rings (SSSR count). The van der Waals surface area contributed by atoms with E-state index in [-0.39, 0.29) is 0 Å². The van der Waals surface area contributed by atoms with E-state index in [4.69, 9.17) is 20.5 Å². The first-order valence-corrected chi connectivity index (χ1v) is 9.78. The molecule has 3 aromatic heterocycles. The van der Waals surface area contributed by atoms with E-state index in [2.05, 4.69) is 47.9 Å². The number of rotatable bonds is 5. The zero-order valence-corrected chi connectivity index (χ0v) is 16.7. The fourth-order valence-electron chi connectivity index (χ4n) is 2.09. The maximum Gasteiger partial charge on any atom is 0.277 e. The molecule has 10 heteroatoms. The summed E-state index contributed by atoms with van der Waals surface area (Å²) in [6.07, 6.45) is 3.34. The lowest BCUT2D eigenvalue weighted by atomic mass is 10.2. The lowest BCUT2D eigenvalue weighted by Crippen LogP contribution is -1.85. The van der Waals surface area contributed by atoms with E-state index in [0.717, 1.165) is 14.7 Å². The Morgan fingerprint density at radius 1 is 1.12 bits per heavy atom. The number of nitrogens with zero attached hydrogens (tertiary/aromatic N) is 5. The van der Waals surface area contributed by atoms with E-state index in [1.54, 1.807) is 24.5 Å². The van der Waals surface area contributed by atoms with Gasteiger partial charge in [-0.25, -0.2) is 0 Å². The molecule has 0 radical (unpaired) electrons. The summed E-state index contributed by atoms with van der Waals surface area (Å²) in [4.78, 5) is 8.34. The van der Waals surface area contributed by atoms with Crippen molar-refractivity contribution in [1.82, 2.24) is 25.3 Å². The smallest absolute Gasteiger partial charge is 0.277 e. The molecule has 4 aromatic rings. The van der Waals surface area contributed by atoms with Crippen molar-refractivity contribution in [2.24, 2.45) is 0 Å². The van der Waals surface area contributed by atoms with Gasteiger partial charge in [-0.1, -0.05) is 28.5 Å². The first-order chi connectivity index (χ1) is 12.7. The fraction of sp³-hybridized carbons (Fsp3) is 0.0625. The summed E-state index contributed by atoms with van der Waals surface area (Å²) in [6.45, 7) is 0. The summed E-state index contributed by atoms with van der Waals surface area (Å²) in [5.41, 5.74) is 1.55. The number of hydrogen-bond donors (Lipinski definition) is 0. The summed E-state index contributed by atoms with van der Waals surface area (Å²) >= 11 is 9.73. The minimum Gasteiger partial charge on any atom is -0.411 e. The van der Waals surface area contributed by atoms with Crippen LogP contribution in [-0.4, -0.2) is 25.3 Å². The van der Waals surface area contributed by atoms with Gasteiger partial charge in [-0.3, -0.25) is 4.98 Å². The summed E-state index contributed by atoms with van der Waals surface area (Å²) in [5.74, 6) is 1.74. The number of pyridine rings is 1. The first kappa shape index (κ1) is 17.4. The Morgan fingerprint density at radius 3 is 2.81 bits per heavy atom. The Kier molecular flexibility index (Phi) is 5.18. The average molecular weight is 498 g/mol. The van der Waals surface area contributed by atoms with Gasteiger partial charge in [0.1, 0.15) is 0 Å². The maximum absolute atomic E-state index is 6.21. The van der Waals surface area contributed by atoms with Crippen LogP contribution in [0.3, 0.4) is 0 Å². The highest BCUT2D eigenvalue weighted by Gasteiger charge is 2.15. The predicted molar refractivity (Wildman–Crippen MR) is 105 cm³/mol. The normalized spacial score (nSPS) is 11.0. The number of hydrogen-bond acceptors (Lipinski definition) is 8. The molecule has 0 fully saturated rings.